The lowest BCUT2D eigenvalue weighted by atomic mass is 9.60. The number of methoxy groups -OCH3 is 1. The number of halogens is 2. The van der Waals surface area contributed by atoms with E-state index in [-0.39, 0.29) is 0 Å². The van der Waals surface area contributed by atoms with Crippen LogP contribution in [0.15, 0.2) is 30.3 Å². The maximum absolute atomic E-state index is 15.5. The van der Waals surface area contributed by atoms with Gasteiger partial charge in [-0.3, -0.25) is 4.79 Å². The zero-order valence-electron chi connectivity index (χ0n) is 20.7. The van der Waals surface area contributed by atoms with Crippen LogP contribution in [0.5, 0.6) is 0 Å². The summed E-state index contributed by atoms with van der Waals surface area (Å²) in [5.41, 5.74) is 4.66. The number of nitrogens with two attached hydrogens (primary N) is 1. The molecule has 1 spiro atoms. The van der Waals surface area contributed by atoms with Crippen molar-refractivity contribution in [2.45, 2.75) is 56.0 Å². The summed E-state index contributed by atoms with van der Waals surface area (Å²) in [5, 5.41) is 12.2. The summed E-state index contributed by atoms with van der Waals surface area (Å²) < 4.78 is 36.1. The van der Waals surface area contributed by atoms with E-state index in [1.807, 2.05) is 0 Å². The van der Waals surface area contributed by atoms with Crippen molar-refractivity contribution in [1.29, 1.82) is 5.26 Å². The maximum Gasteiger partial charge on any atom is 0.315 e. The molecule has 1 aromatic rings. The first-order valence-corrected chi connectivity index (χ1v) is 12.6. The van der Waals surface area contributed by atoms with E-state index in [0.29, 0.717) is 44.4 Å². The summed E-state index contributed by atoms with van der Waals surface area (Å²) >= 11 is 0. The third kappa shape index (κ3) is 5.62. The van der Waals surface area contributed by atoms with Crippen LogP contribution in [-0.4, -0.2) is 79.1 Å². The number of hydrogen-bond acceptors (Lipinski definition) is 5. The van der Waals surface area contributed by atoms with Gasteiger partial charge in [0.25, 0.3) is 5.92 Å². The summed E-state index contributed by atoms with van der Waals surface area (Å²) in [6, 6.07) is 9.08. The topological polar surface area (TPSA) is 112 Å². The van der Waals surface area contributed by atoms with Gasteiger partial charge in [-0.2, -0.15) is 5.26 Å². The maximum atomic E-state index is 15.5. The molecule has 3 aliphatic rings. The predicted molar refractivity (Wildman–Crippen MR) is 129 cm³/mol. The number of likely N-dealkylation sites (tertiary alicyclic amines) is 2. The fraction of sp³-hybridized carbons (Fsp3) is 0.654. The molecule has 3 amide bonds. The molecule has 2 saturated heterocycles. The minimum Gasteiger partial charge on any atom is -0.383 e. The third-order valence-corrected chi connectivity index (χ3v) is 8.06. The Balaban J connectivity index is 1.59. The zero-order valence-corrected chi connectivity index (χ0v) is 20.7. The van der Waals surface area contributed by atoms with Crippen molar-refractivity contribution in [3.05, 3.63) is 35.9 Å². The molecule has 1 unspecified atom stereocenters. The molecule has 196 valence electrons. The molecule has 8 nitrogen and oxygen atoms in total. The molecule has 36 heavy (non-hydrogen) atoms. The van der Waals surface area contributed by atoms with Crippen molar-refractivity contribution in [1.82, 2.24) is 15.1 Å². The van der Waals surface area contributed by atoms with E-state index in [1.54, 1.807) is 37.4 Å². The Morgan fingerprint density at radius 1 is 1.25 bits per heavy atom. The summed E-state index contributed by atoms with van der Waals surface area (Å²) in [7, 11) is 1.64. The van der Waals surface area contributed by atoms with E-state index in [9.17, 15) is 14.9 Å². The lowest BCUT2D eigenvalue weighted by molar-refractivity contribution is -0.153. The van der Waals surface area contributed by atoms with E-state index in [1.165, 1.54) is 4.90 Å². The van der Waals surface area contributed by atoms with Crippen LogP contribution in [0.3, 0.4) is 0 Å². The number of amides is 3. The number of hydrogen-bond donors (Lipinski definition) is 2. The number of rotatable bonds is 10. The zero-order chi connectivity index (χ0) is 26.0. The van der Waals surface area contributed by atoms with Crippen molar-refractivity contribution in [3.63, 3.8) is 0 Å². The van der Waals surface area contributed by atoms with Crippen LogP contribution in [0.2, 0.25) is 0 Å². The molecular formula is C26H35F2N5O3. The van der Waals surface area contributed by atoms with Gasteiger partial charge >= 0.3 is 6.03 Å². The number of alkyl halides is 2. The number of nitrogens with zero attached hydrogens (tertiary/aromatic N) is 3. The lowest BCUT2D eigenvalue weighted by Crippen LogP contribution is -2.73. The number of ether oxygens (including phenoxy) is 1. The van der Waals surface area contributed by atoms with Crippen molar-refractivity contribution in [3.8, 4) is 6.07 Å². The van der Waals surface area contributed by atoms with E-state index in [4.69, 9.17) is 10.5 Å². The highest BCUT2D eigenvalue weighted by Gasteiger charge is 2.61. The molecule has 1 aromatic carbocycles. The summed E-state index contributed by atoms with van der Waals surface area (Å²) in [6.07, 6.45) is 1.09. The minimum absolute atomic E-state index is 0.350. The molecule has 4 rings (SSSR count). The van der Waals surface area contributed by atoms with E-state index in [0.717, 1.165) is 19.6 Å². The molecule has 0 aromatic heterocycles. The minimum atomic E-state index is -3.19. The molecular weight excluding hydrogens is 468 g/mol. The van der Waals surface area contributed by atoms with Crippen LogP contribution in [-0.2, 0) is 16.0 Å². The lowest BCUT2D eigenvalue weighted by Gasteiger charge is -2.62. The van der Waals surface area contributed by atoms with E-state index < -0.39 is 53.6 Å². The average molecular weight is 504 g/mol. The molecule has 0 radical (unpaired) electrons. The number of urea groups is 1. The normalized spacial score (nSPS) is 23.4. The Kier molecular flexibility index (Phi) is 7.53. The Morgan fingerprint density at radius 3 is 2.47 bits per heavy atom. The standard InChI is InChI=1S/C26H35F2N5O3/c1-36-14-13-32-11-9-24(10-12-32)18-33(23(30)35)21(24)20(22(34)31-25(17-29)7-8-25)16-26(27,28)15-19-5-3-2-4-6-19/h2-6,20-21H,7-16,18H2,1H3,(H2,30,35)(H,31,34)/t20-,21?/m0/s1. The van der Waals surface area contributed by atoms with Crippen LogP contribution in [0.4, 0.5) is 13.6 Å². The van der Waals surface area contributed by atoms with E-state index in [2.05, 4.69) is 16.3 Å². The second-order valence-electron chi connectivity index (χ2n) is 10.6. The SMILES string of the molecule is COCCN1CCC2(CC1)CN(C(N)=O)C2[C@H](CC(F)(F)Cc1ccccc1)C(=O)NC1(C#N)CC1. The van der Waals surface area contributed by atoms with Gasteiger partial charge in [-0.25, -0.2) is 13.6 Å². The van der Waals surface area contributed by atoms with Gasteiger partial charge in [-0.15, -0.1) is 0 Å². The van der Waals surface area contributed by atoms with Crippen molar-refractivity contribution in [2.75, 3.05) is 39.9 Å². The Labute approximate surface area is 210 Å². The Bertz CT molecular complexity index is 987. The molecule has 10 heteroatoms. The molecule has 2 heterocycles. The third-order valence-electron chi connectivity index (χ3n) is 8.06. The average Bonchev–Trinajstić information content (AvgIpc) is 3.61. The van der Waals surface area contributed by atoms with Gasteiger partial charge in [0.15, 0.2) is 0 Å². The fourth-order valence-electron chi connectivity index (χ4n) is 5.86. The first-order valence-electron chi connectivity index (χ1n) is 12.6. The number of piperidine rings is 1. The van der Waals surface area contributed by atoms with Crippen LogP contribution < -0.4 is 11.1 Å². The quantitative estimate of drug-likeness (QED) is 0.510. The Morgan fingerprint density at radius 2 is 1.92 bits per heavy atom. The van der Waals surface area contributed by atoms with Crippen molar-refractivity contribution >= 4 is 11.9 Å². The van der Waals surface area contributed by atoms with Crippen LogP contribution >= 0.6 is 0 Å². The van der Waals surface area contributed by atoms with Gasteiger partial charge in [-0.1, -0.05) is 30.3 Å². The van der Waals surface area contributed by atoms with Gasteiger partial charge in [0.2, 0.25) is 5.91 Å². The highest BCUT2D eigenvalue weighted by molar-refractivity contribution is 5.83. The molecule has 3 fully saturated rings. The molecule has 2 aliphatic heterocycles. The fourth-order valence-corrected chi connectivity index (χ4v) is 5.86. The number of carbonyl (C=O) groups is 2. The summed E-state index contributed by atoms with van der Waals surface area (Å²) in [4.78, 5) is 29.4. The predicted octanol–water partition coefficient (Wildman–Crippen LogP) is 2.53. The molecule has 1 saturated carbocycles. The van der Waals surface area contributed by atoms with Gasteiger partial charge in [0.05, 0.1) is 24.6 Å². The van der Waals surface area contributed by atoms with Crippen LogP contribution in [0.25, 0.3) is 0 Å². The summed E-state index contributed by atoms with van der Waals surface area (Å²) in [5.74, 6) is -4.97. The van der Waals surface area contributed by atoms with Gasteiger partial charge in [-0.05, 0) is 44.3 Å². The van der Waals surface area contributed by atoms with Gasteiger partial charge < -0.3 is 25.6 Å². The summed E-state index contributed by atoms with van der Waals surface area (Å²) in [6.45, 7) is 3.16. The number of benzene rings is 1. The number of carbonyl (C=O) groups excluding carboxylic acids is 2. The van der Waals surface area contributed by atoms with Gasteiger partial charge in [0, 0.05) is 38.5 Å². The van der Waals surface area contributed by atoms with Gasteiger partial charge in [0.1, 0.15) is 5.54 Å². The van der Waals surface area contributed by atoms with Crippen LogP contribution in [0, 0.1) is 22.7 Å². The highest BCUT2D eigenvalue weighted by Crippen LogP contribution is 2.51. The smallest absolute Gasteiger partial charge is 0.315 e. The van der Waals surface area contributed by atoms with Crippen molar-refractivity contribution in [2.24, 2.45) is 17.1 Å². The Hall–Kier alpha value is -2.77. The molecule has 1 aliphatic carbocycles. The number of nitrogens with one attached hydrogen (secondary N) is 1. The largest absolute Gasteiger partial charge is 0.383 e. The monoisotopic (exact) mass is 503 g/mol. The van der Waals surface area contributed by atoms with E-state index >= 15 is 8.78 Å². The second kappa shape index (κ2) is 10.3. The number of nitriles is 1. The molecule has 0 bridgehead atoms. The van der Waals surface area contributed by atoms with Crippen molar-refractivity contribution < 1.29 is 23.1 Å². The molecule has 2 atom stereocenters. The second-order valence-corrected chi connectivity index (χ2v) is 10.6. The highest BCUT2D eigenvalue weighted by atomic mass is 19.3. The number of primary amides is 1. The van der Waals surface area contributed by atoms with Crippen LogP contribution in [0.1, 0.15) is 37.7 Å². The first kappa shape index (κ1) is 26.3. The molecule has 3 N–H and O–H groups in total. The first-order chi connectivity index (χ1) is 17.1.